The average Bonchev–Trinajstić information content (AvgIpc) is 2.46. The van der Waals surface area contributed by atoms with E-state index in [0.717, 1.165) is 17.3 Å². The van der Waals surface area contributed by atoms with Gasteiger partial charge in [0.15, 0.2) is 0 Å². The van der Waals surface area contributed by atoms with Crippen LogP contribution in [0, 0.1) is 6.92 Å². The lowest BCUT2D eigenvalue weighted by Crippen LogP contribution is -2.26. The highest BCUT2D eigenvalue weighted by molar-refractivity contribution is 5.63. The molecule has 21 heavy (non-hydrogen) atoms. The van der Waals surface area contributed by atoms with E-state index in [1.807, 2.05) is 19.1 Å². The largest absolute Gasteiger partial charge is 0.482 e. The van der Waals surface area contributed by atoms with E-state index in [9.17, 15) is 13.2 Å². The lowest BCUT2D eigenvalue weighted by Gasteiger charge is -2.30. The molecule has 2 aromatic carbocycles. The SMILES string of the molecule is Cc1cccc2c1NCC(c1ccccc1C(F)(F)F)O2. The standard InChI is InChI=1S/C16H14F3NO/c1-10-5-4-8-13-15(10)20-9-14(21-13)11-6-2-3-7-12(11)16(17,18)19/h2-8,14,20H,9H2,1H3. The first-order valence-corrected chi connectivity index (χ1v) is 6.63. The van der Waals surface area contributed by atoms with Crippen molar-refractivity contribution in [2.24, 2.45) is 0 Å². The number of para-hydroxylation sites is 1. The van der Waals surface area contributed by atoms with Crippen LogP contribution in [0.2, 0.25) is 0 Å². The van der Waals surface area contributed by atoms with Gasteiger partial charge in [0, 0.05) is 5.56 Å². The van der Waals surface area contributed by atoms with Crippen LogP contribution in [-0.2, 0) is 6.18 Å². The minimum absolute atomic E-state index is 0.157. The third kappa shape index (κ3) is 2.55. The third-order valence-corrected chi connectivity index (χ3v) is 3.58. The second kappa shape index (κ2) is 4.98. The maximum Gasteiger partial charge on any atom is 0.416 e. The molecule has 0 fully saturated rings. The minimum Gasteiger partial charge on any atom is -0.482 e. The van der Waals surface area contributed by atoms with Crippen molar-refractivity contribution in [1.29, 1.82) is 0 Å². The molecule has 0 spiro atoms. The summed E-state index contributed by atoms with van der Waals surface area (Å²) in [7, 11) is 0. The number of anilines is 1. The number of alkyl halides is 3. The molecule has 2 nitrogen and oxygen atoms in total. The van der Waals surface area contributed by atoms with Crippen LogP contribution in [-0.4, -0.2) is 6.54 Å². The van der Waals surface area contributed by atoms with Crippen LogP contribution in [0.3, 0.4) is 0 Å². The highest BCUT2D eigenvalue weighted by atomic mass is 19.4. The maximum atomic E-state index is 13.1. The zero-order valence-corrected chi connectivity index (χ0v) is 11.4. The Labute approximate surface area is 120 Å². The van der Waals surface area contributed by atoms with Gasteiger partial charge in [0.05, 0.1) is 17.8 Å². The number of hydrogen-bond acceptors (Lipinski definition) is 2. The van der Waals surface area contributed by atoms with Gasteiger partial charge in [-0.3, -0.25) is 0 Å². The van der Waals surface area contributed by atoms with Gasteiger partial charge in [0.25, 0.3) is 0 Å². The third-order valence-electron chi connectivity index (χ3n) is 3.58. The predicted octanol–water partition coefficient (Wildman–Crippen LogP) is 4.56. The van der Waals surface area contributed by atoms with E-state index in [4.69, 9.17) is 4.74 Å². The lowest BCUT2D eigenvalue weighted by molar-refractivity contribution is -0.139. The van der Waals surface area contributed by atoms with E-state index in [2.05, 4.69) is 5.32 Å². The molecule has 2 aromatic rings. The number of hydrogen-bond donors (Lipinski definition) is 1. The van der Waals surface area contributed by atoms with Gasteiger partial charge in [0.1, 0.15) is 11.9 Å². The van der Waals surface area contributed by atoms with E-state index < -0.39 is 17.8 Å². The molecule has 3 rings (SSSR count). The molecule has 1 unspecified atom stereocenters. The number of halogens is 3. The van der Waals surface area contributed by atoms with Crippen molar-refractivity contribution in [3.63, 3.8) is 0 Å². The van der Waals surface area contributed by atoms with Crippen molar-refractivity contribution >= 4 is 5.69 Å². The van der Waals surface area contributed by atoms with Gasteiger partial charge in [0.2, 0.25) is 0 Å². The van der Waals surface area contributed by atoms with Crippen molar-refractivity contribution in [2.75, 3.05) is 11.9 Å². The first-order valence-electron chi connectivity index (χ1n) is 6.63. The van der Waals surface area contributed by atoms with Crippen molar-refractivity contribution in [1.82, 2.24) is 0 Å². The van der Waals surface area contributed by atoms with Crippen LogP contribution >= 0.6 is 0 Å². The van der Waals surface area contributed by atoms with E-state index in [0.29, 0.717) is 12.3 Å². The molecule has 0 saturated heterocycles. The fourth-order valence-corrected chi connectivity index (χ4v) is 2.56. The van der Waals surface area contributed by atoms with E-state index in [-0.39, 0.29) is 5.56 Å². The highest BCUT2D eigenvalue weighted by Gasteiger charge is 2.36. The Morgan fingerprint density at radius 1 is 1.10 bits per heavy atom. The highest BCUT2D eigenvalue weighted by Crippen LogP contribution is 2.40. The van der Waals surface area contributed by atoms with Gasteiger partial charge in [-0.2, -0.15) is 13.2 Å². The molecule has 1 aliphatic rings. The molecule has 0 aromatic heterocycles. The number of aryl methyl sites for hydroxylation is 1. The summed E-state index contributed by atoms with van der Waals surface area (Å²) in [6.07, 6.45) is -5.04. The van der Waals surface area contributed by atoms with Crippen LogP contribution in [0.15, 0.2) is 42.5 Å². The number of rotatable bonds is 1. The normalized spacial score (nSPS) is 17.6. The summed E-state index contributed by atoms with van der Waals surface area (Å²) >= 11 is 0. The lowest BCUT2D eigenvalue weighted by atomic mass is 10.00. The van der Waals surface area contributed by atoms with E-state index >= 15 is 0 Å². The van der Waals surface area contributed by atoms with Crippen LogP contribution < -0.4 is 10.1 Å². The molecule has 1 N–H and O–H groups in total. The molecule has 0 radical (unpaired) electrons. The summed E-state index contributed by atoms with van der Waals surface area (Å²) in [6, 6.07) is 11.1. The Morgan fingerprint density at radius 3 is 2.62 bits per heavy atom. The fraction of sp³-hybridized carbons (Fsp3) is 0.250. The number of benzene rings is 2. The summed E-state index contributed by atoms with van der Waals surface area (Å²) < 4.78 is 45.0. The van der Waals surface area contributed by atoms with Gasteiger partial charge in [-0.05, 0) is 24.6 Å². The Balaban J connectivity index is 1.98. The molecule has 5 heteroatoms. The summed E-state index contributed by atoms with van der Waals surface area (Å²) in [6.45, 7) is 2.24. The minimum atomic E-state index is -4.38. The number of fused-ring (bicyclic) bond motifs is 1. The first kappa shape index (κ1) is 13.8. The van der Waals surface area contributed by atoms with Crippen LogP contribution in [0.25, 0.3) is 0 Å². The van der Waals surface area contributed by atoms with E-state index in [1.54, 1.807) is 12.1 Å². The van der Waals surface area contributed by atoms with Gasteiger partial charge in [-0.15, -0.1) is 0 Å². The van der Waals surface area contributed by atoms with Crippen molar-refractivity contribution in [2.45, 2.75) is 19.2 Å². The molecule has 1 aliphatic heterocycles. The Kier molecular flexibility index (Phi) is 3.27. The maximum absolute atomic E-state index is 13.1. The van der Waals surface area contributed by atoms with Crippen molar-refractivity contribution in [3.05, 3.63) is 59.2 Å². The fourth-order valence-electron chi connectivity index (χ4n) is 2.56. The topological polar surface area (TPSA) is 21.3 Å². The molecule has 0 bridgehead atoms. The predicted molar refractivity (Wildman–Crippen MR) is 74.5 cm³/mol. The zero-order chi connectivity index (χ0) is 15.0. The zero-order valence-electron chi connectivity index (χ0n) is 11.4. The summed E-state index contributed by atoms with van der Waals surface area (Å²) in [5, 5.41) is 3.17. The summed E-state index contributed by atoms with van der Waals surface area (Å²) in [5.41, 5.74) is 1.37. The number of ether oxygens (including phenoxy) is 1. The van der Waals surface area contributed by atoms with Crippen LogP contribution in [0.5, 0.6) is 5.75 Å². The second-order valence-electron chi connectivity index (χ2n) is 5.02. The van der Waals surface area contributed by atoms with Crippen LogP contribution in [0.4, 0.5) is 18.9 Å². The molecule has 1 atom stereocenters. The molecular formula is C16H14F3NO. The smallest absolute Gasteiger partial charge is 0.416 e. The second-order valence-corrected chi connectivity index (χ2v) is 5.02. The summed E-state index contributed by atoms with van der Waals surface area (Å²) in [4.78, 5) is 0. The molecule has 0 saturated carbocycles. The van der Waals surface area contributed by atoms with Crippen molar-refractivity contribution < 1.29 is 17.9 Å². The molecular weight excluding hydrogens is 279 g/mol. The Bertz CT molecular complexity index is 667. The quantitative estimate of drug-likeness (QED) is 0.832. The first-order chi connectivity index (χ1) is 9.97. The van der Waals surface area contributed by atoms with Gasteiger partial charge >= 0.3 is 6.18 Å². The van der Waals surface area contributed by atoms with E-state index in [1.165, 1.54) is 12.1 Å². The summed E-state index contributed by atoms with van der Waals surface area (Å²) in [5.74, 6) is 0.586. The number of nitrogens with one attached hydrogen (secondary N) is 1. The Morgan fingerprint density at radius 2 is 1.86 bits per heavy atom. The Hall–Kier alpha value is -2.17. The molecule has 0 aliphatic carbocycles. The van der Waals surface area contributed by atoms with Gasteiger partial charge < -0.3 is 10.1 Å². The monoisotopic (exact) mass is 293 g/mol. The van der Waals surface area contributed by atoms with Crippen molar-refractivity contribution in [3.8, 4) is 5.75 Å². The van der Waals surface area contributed by atoms with Gasteiger partial charge in [-0.25, -0.2) is 0 Å². The molecule has 1 heterocycles. The van der Waals surface area contributed by atoms with Gasteiger partial charge in [-0.1, -0.05) is 30.3 Å². The molecule has 0 amide bonds. The average molecular weight is 293 g/mol. The van der Waals surface area contributed by atoms with Crippen LogP contribution in [0.1, 0.15) is 22.8 Å². The molecule has 110 valence electrons.